The van der Waals surface area contributed by atoms with Crippen LogP contribution in [0.3, 0.4) is 0 Å². The number of phenols is 2. The van der Waals surface area contributed by atoms with Crippen LogP contribution in [-0.2, 0) is 0 Å². The number of rotatable bonds is 10. The molecular weight excluding hydrogens is 364 g/mol. The van der Waals surface area contributed by atoms with Gasteiger partial charge in [0.1, 0.15) is 0 Å². The second-order valence-corrected chi connectivity index (χ2v) is 7.66. The van der Waals surface area contributed by atoms with Gasteiger partial charge >= 0.3 is 0 Å². The third-order valence-electron chi connectivity index (χ3n) is 6.22. The van der Waals surface area contributed by atoms with Crippen molar-refractivity contribution < 1.29 is 19.7 Å². The highest BCUT2D eigenvalue weighted by molar-refractivity contribution is 5.55. The normalized spacial score (nSPS) is 12.4. The van der Waals surface area contributed by atoms with Crippen LogP contribution in [0.5, 0.6) is 23.0 Å². The minimum Gasteiger partial charge on any atom is -0.504 e. The van der Waals surface area contributed by atoms with Crippen LogP contribution < -0.4 is 9.47 Å². The largest absolute Gasteiger partial charge is 0.504 e. The van der Waals surface area contributed by atoms with Crippen LogP contribution in [-0.4, -0.2) is 24.4 Å². The van der Waals surface area contributed by atoms with Gasteiger partial charge in [-0.2, -0.15) is 0 Å². The lowest BCUT2D eigenvalue weighted by atomic mass is 9.76. The molecule has 1 unspecified atom stereocenters. The van der Waals surface area contributed by atoms with Crippen LogP contribution in [0.2, 0.25) is 0 Å². The summed E-state index contributed by atoms with van der Waals surface area (Å²) in [5.41, 5.74) is 3.10. The average molecular weight is 401 g/mol. The molecule has 1 atom stereocenters. The lowest BCUT2D eigenvalue weighted by Crippen LogP contribution is -2.15. The molecule has 4 nitrogen and oxygen atoms in total. The maximum Gasteiger partial charge on any atom is 0.161 e. The minimum absolute atomic E-state index is 0.0253. The number of ether oxygens (including phenoxy) is 2. The lowest BCUT2D eigenvalue weighted by Gasteiger charge is -2.29. The summed E-state index contributed by atoms with van der Waals surface area (Å²) in [4.78, 5) is 0. The molecule has 0 amide bonds. The monoisotopic (exact) mass is 400 g/mol. The summed E-state index contributed by atoms with van der Waals surface area (Å²) >= 11 is 0. The summed E-state index contributed by atoms with van der Waals surface area (Å²) in [6.07, 6.45) is 4.02. The van der Waals surface area contributed by atoms with Gasteiger partial charge in [0.15, 0.2) is 23.0 Å². The first-order valence-electron chi connectivity index (χ1n) is 10.7. The van der Waals surface area contributed by atoms with Gasteiger partial charge in [-0.25, -0.2) is 0 Å². The Bertz CT molecular complexity index is 792. The molecule has 0 aromatic heterocycles. The molecule has 160 valence electrons. The Morgan fingerprint density at radius 1 is 0.759 bits per heavy atom. The van der Waals surface area contributed by atoms with Crippen LogP contribution in [0.15, 0.2) is 30.3 Å². The first kappa shape index (κ1) is 22.9. The van der Waals surface area contributed by atoms with E-state index in [-0.39, 0.29) is 17.4 Å². The summed E-state index contributed by atoms with van der Waals surface area (Å²) in [5.74, 6) is 2.00. The molecule has 0 heterocycles. The molecule has 2 N–H and O–H groups in total. The Kier molecular flexibility index (Phi) is 8.24. The van der Waals surface area contributed by atoms with Gasteiger partial charge in [-0.15, -0.1) is 0 Å². The quantitative estimate of drug-likeness (QED) is 0.472. The summed E-state index contributed by atoms with van der Waals surface area (Å²) in [7, 11) is 3.16. The number of phenolic OH excluding ortho intramolecular Hbond substituents is 2. The second kappa shape index (κ2) is 10.4. The second-order valence-electron chi connectivity index (χ2n) is 7.66. The van der Waals surface area contributed by atoms with E-state index < -0.39 is 0 Å². The van der Waals surface area contributed by atoms with Crippen molar-refractivity contribution in [3.8, 4) is 23.0 Å². The van der Waals surface area contributed by atoms with E-state index in [2.05, 4.69) is 33.8 Å². The maximum absolute atomic E-state index is 11.1. The lowest BCUT2D eigenvalue weighted by molar-refractivity contribution is 0.358. The predicted molar refractivity (Wildman–Crippen MR) is 119 cm³/mol. The van der Waals surface area contributed by atoms with Crippen LogP contribution in [0.1, 0.15) is 81.9 Å². The Morgan fingerprint density at radius 3 is 1.86 bits per heavy atom. The molecule has 29 heavy (non-hydrogen) atoms. The smallest absolute Gasteiger partial charge is 0.161 e. The number of hydrogen-bond acceptors (Lipinski definition) is 4. The van der Waals surface area contributed by atoms with Crippen molar-refractivity contribution in [1.29, 1.82) is 0 Å². The molecule has 0 radical (unpaired) electrons. The van der Waals surface area contributed by atoms with Gasteiger partial charge in [-0.1, -0.05) is 52.7 Å². The highest BCUT2D eigenvalue weighted by Crippen LogP contribution is 2.46. The molecule has 4 heteroatoms. The predicted octanol–water partition coefficient (Wildman–Crippen LogP) is 6.59. The highest BCUT2D eigenvalue weighted by Gasteiger charge is 2.28. The molecule has 2 aromatic carbocycles. The molecule has 0 aliphatic carbocycles. The molecule has 2 aromatic rings. The minimum atomic E-state index is -0.0253. The van der Waals surface area contributed by atoms with Gasteiger partial charge in [-0.05, 0) is 54.0 Å². The molecule has 0 aliphatic rings. The van der Waals surface area contributed by atoms with Gasteiger partial charge in [0.05, 0.1) is 14.2 Å². The number of methoxy groups -OCH3 is 2. The van der Waals surface area contributed by atoms with Gasteiger partial charge in [0.2, 0.25) is 0 Å². The average Bonchev–Trinajstić information content (AvgIpc) is 2.74. The van der Waals surface area contributed by atoms with E-state index in [0.717, 1.165) is 36.8 Å². The topological polar surface area (TPSA) is 58.9 Å². The number of aromatic hydroxyl groups is 2. The Morgan fingerprint density at radius 2 is 1.34 bits per heavy atom. The van der Waals surface area contributed by atoms with E-state index in [0.29, 0.717) is 23.3 Å². The van der Waals surface area contributed by atoms with Crippen LogP contribution in [0.4, 0.5) is 0 Å². The molecule has 0 saturated heterocycles. The number of hydrogen-bond donors (Lipinski definition) is 2. The van der Waals surface area contributed by atoms with E-state index in [4.69, 9.17) is 9.47 Å². The van der Waals surface area contributed by atoms with Gasteiger partial charge < -0.3 is 19.7 Å². The van der Waals surface area contributed by atoms with E-state index >= 15 is 0 Å². The van der Waals surface area contributed by atoms with E-state index in [9.17, 15) is 10.2 Å². The van der Waals surface area contributed by atoms with Crippen molar-refractivity contribution in [3.05, 3.63) is 47.0 Å². The first-order valence-corrected chi connectivity index (χ1v) is 10.7. The Labute approximate surface area is 175 Å². The Hall–Kier alpha value is -2.36. The third kappa shape index (κ3) is 4.80. The zero-order chi connectivity index (χ0) is 21.6. The fraction of sp³-hybridized carbons (Fsp3) is 0.520. The molecule has 0 aliphatic heterocycles. The first-order chi connectivity index (χ1) is 13.9. The van der Waals surface area contributed by atoms with Crippen LogP contribution in [0, 0.1) is 5.92 Å². The van der Waals surface area contributed by atoms with Crippen molar-refractivity contribution in [2.75, 3.05) is 14.2 Å². The van der Waals surface area contributed by atoms with Gasteiger partial charge in [-0.3, -0.25) is 0 Å². The highest BCUT2D eigenvalue weighted by atomic mass is 16.5. The van der Waals surface area contributed by atoms with Crippen molar-refractivity contribution in [2.24, 2.45) is 5.92 Å². The summed E-state index contributed by atoms with van der Waals surface area (Å²) in [5, 5.41) is 21.2. The molecular formula is C25H36O4. The number of benzene rings is 2. The van der Waals surface area contributed by atoms with E-state index in [1.165, 1.54) is 5.56 Å². The van der Waals surface area contributed by atoms with Crippen molar-refractivity contribution in [2.45, 2.75) is 65.2 Å². The Balaban J connectivity index is 2.75. The van der Waals surface area contributed by atoms with Gasteiger partial charge in [0.25, 0.3) is 0 Å². The summed E-state index contributed by atoms with van der Waals surface area (Å²) in [6.45, 7) is 8.74. The van der Waals surface area contributed by atoms with Crippen molar-refractivity contribution in [3.63, 3.8) is 0 Å². The fourth-order valence-electron chi connectivity index (χ4n) is 4.39. The van der Waals surface area contributed by atoms with E-state index in [1.54, 1.807) is 20.3 Å². The zero-order valence-corrected chi connectivity index (χ0v) is 18.7. The molecule has 0 bridgehead atoms. The molecule has 0 fully saturated rings. The zero-order valence-electron chi connectivity index (χ0n) is 18.7. The third-order valence-corrected chi connectivity index (χ3v) is 6.22. The molecule has 0 spiro atoms. The van der Waals surface area contributed by atoms with Crippen molar-refractivity contribution in [1.82, 2.24) is 0 Å². The van der Waals surface area contributed by atoms with Crippen molar-refractivity contribution >= 4 is 0 Å². The summed E-state index contributed by atoms with van der Waals surface area (Å²) < 4.78 is 10.9. The maximum atomic E-state index is 11.1. The van der Waals surface area contributed by atoms with Gasteiger partial charge in [0, 0.05) is 11.5 Å². The van der Waals surface area contributed by atoms with Crippen LogP contribution >= 0.6 is 0 Å². The standard InChI is InChI=1S/C25H36O4/c1-7-16(8-2)19-13-20(25(27)23(15-19)29-6)24(17(9-3)10-4)18-11-12-21(26)22(14-18)28-5/h11-17,24,26-27H,7-10H2,1-6H3. The SMILES string of the molecule is CCC(CC)c1cc(OC)c(O)c(C(c2ccc(O)c(OC)c2)C(CC)CC)c1. The molecule has 0 saturated carbocycles. The van der Waals surface area contributed by atoms with Crippen LogP contribution in [0.25, 0.3) is 0 Å². The summed E-state index contributed by atoms with van der Waals surface area (Å²) in [6, 6.07) is 9.60. The van der Waals surface area contributed by atoms with E-state index in [1.807, 2.05) is 18.2 Å². The molecule has 2 rings (SSSR count). The fourth-order valence-corrected chi connectivity index (χ4v) is 4.39.